The maximum atomic E-state index is 12.6. The largest absolute Gasteiger partial charge is 0.481 e. The monoisotopic (exact) mass is 385 g/mol. The van der Waals surface area contributed by atoms with Crippen LogP contribution in [0.15, 0.2) is 29.2 Å². The van der Waals surface area contributed by atoms with Crippen molar-refractivity contribution in [2.45, 2.75) is 36.7 Å². The average molecular weight is 385 g/mol. The van der Waals surface area contributed by atoms with Gasteiger partial charge in [0.25, 0.3) is 5.91 Å². The fraction of sp³-hybridized carbons (Fsp3) is 0.444. The summed E-state index contributed by atoms with van der Waals surface area (Å²) >= 11 is 1.40. The molecule has 3 atom stereocenters. The number of benzene rings is 1. The van der Waals surface area contributed by atoms with Gasteiger partial charge in [0.1, 0.15) is 0 Å². The maximum absolute atomic E-state index is 12.6. The van der Waals surface area contributed by atoms with E-state index in [1.54, 1.807) is 18.0 Å². The number of hydrogen-bond donors (Lipinski definition) is 1. The fourth-order valence-corrected chi connectivity index (χ4v) is 4.92. The molecule has 2 aliphatic rings. The summed E-state index contributed by atoms with van der Waals surface area (Å²) in [6.45, 7) is 0. The minimum atomic E-state index is -4.39. The molecule has 26 heavy (non-hydrogen) atoms. The predicted molar refractivity (Wildman–Crippen MR) is 92.3 cm³/mol. The quantitative estimate of drug-likeness (QED) is 0.785. The summed E-state index contributed by atoms with van der Waals surface area (Å²) in [4.78, 5) is 25.9. The third kappa shape index (κ3) is 3.75. The number of carboxylic acids is 1. The van der Waals surface area contributed by atoms with Crippen LogP contribution >= 0.6 is 11.8 Å². The van der Waals surface area contributed by atoms with Gasteiger partial charge in [-0.15, -0.1) is 11.8 Å². The maximum Gasteiger partial charge on any atom is 0.416 e. The van der Waals surface area contributed by atoms with Gasteiger partial charge in [-0.1, -0.05) is 12.1 Å². The summed E-state index contributed by atoms with van der Waals surface area (Å²) in [6, 6.07) is 4.55. The van der Waals surface area contributed by atoms with Gasteiger partial charge in [-0.05, 0) is 43.0 Å². The van der Waals surface area contributed by atoms with Crippen molar-refractivity contribution in [3.63, 3.8) is 0 Å². The van der Waals surface area contributed by atoms with Gasteiger partial charge in [-0.2, -0.15) is 13.2 Å². The summed E-state index contributed by atoms with van der Waals surface area (Å²) in [7, 11) is 1.66. The molecule has 1 saturated carbocycles. The molecule has 0 aromatic heterocycles. The molecule has 4 nitrogen and oxygen atoms in total. The highest BCUT2D eigenvalue weighted by atomic mass is 32.2. The second-order valence-electron chi connectivity index (χ2n) is 6.62. The molecule has 8 heteroatoms. The molecule has 1 aromatic rings. The van der Waals surface area contributed by atoms with Gasteiger partial charge in [-0.3, -0.25) is 9.59 Å². The van der Waals surface area contributed by atoms with Crippen LogP contribution in [-0.4, -0.2) is 40.2 Å². The van der Waals surface area contributed by atoms with Crippen molar-refractivity contribution in [3.8, 4) is 0 Å². The first-order valence-corrected chi connectivity index (χ1v) is 9.10. The molecular formula is C18H18F3NO3S. The number of amides is 1. The number of carbonyl (C=O) groups excluding carboxylic acids is 1. The lowest BCUT2D eigenvalue weighted by atomic mass is 9.84. The van der Waals surface area contributed by atoms with Crippen LogP contribution in [0.5, 0.6) is 0 Å². The summed E-state index contributed by atoms with van der Waals surface area (Å²) in [5, 5.41) is 9.31. The molecule has 1 aliphatic heterocycles. The van der Waals surface area contributed by atoms with Crippen molar-refractivity contribution in [3.05, 3.63) is 40.3 Å². The van der Waals surface area contributed by atoms with E-state index in [1.807, 2.05) is 0 Å². The molecule has 1 N–H and O–H groups in total. The van der Waals surface area contributed by atoms with E-state index in [0.29, 0.717) is 29.7 Å². The van der Waals surface area contributed by atoms with Crippen molar-refractivity contribution in [1.82, 2.24) is 4.90 Å². The Hall–Kier alpha value is -1.96. The van der Waals surface area contributed by atoms with Crippen molar-refractivity contribution in [2.75, 3.05) is 7.05 Å². The first-order valence-electron chi connectivity index (χ1n) is 8.22. The minimum Gasteiger partial charge on any atom is -0.481 e. The van der Waals surface area contributed by atoms with E-state index in [0.717, 1.165) is 12.1 Å². The summed E-state index contributed by atoms with van der Waals surface area (Å²) in [5.41, 5.74) is -0.202. The molecule has 2 fully saturated rings. The van der Waals surface area contributed by atoms with E-state index < -0.39 is 23.6 Å². The van der Waals surface area contributed by atoms with Gasteiger partial charge in [0.15, 0.2) is 0 Å². The average Bonchev–Trinajstić information content (AvgIpc) is 2.58. The zero-order chi connectivity index (χ0) is 19.1. The smallest absolute Gasteiger partial charge is 0.416 e. The van der Waals surface area contributed by atoms with Gasteiger partial charge >= 0.3 is 12.1 Å². The zero-order valence-electron chi connectivity index (χ0n) is 14.0. The number of thioether (sulfide) groups is 1. The van der Waals surface area contributed by atoms with E-state index in [4.69, 9.17) is 0 Å². The summed E-state index contributed by atoms with van der Waals surface area (Å²) in [6.07, 6.45) is -1.10. The van der Waals surface area contributed by atoms with Crippen LogP contribution in [0.25, 0.3) is 6.08 Å². The van der Waals surface area contributed by atoms with Crippen molar-refractivity contribution >= 4 is 29.7 Å². The predicted octanol–water partition coefficient (Wildman–Crippen LogP) is 3.87. The number of rotatable bonds is 2. The summed E-state index contributed by atoms with van der Waals surface area (Å²) < 4.78 is 37.9. The number of alkyl halides is 3. The normalized spacial score (nSPS) is 28.2. The Morgan fingerprint density at radius 2 is 1.92 bits per heavy atom. The molecule has 1 heterocycles. The number of fused-ring (bicyclic) bond motifs is 1. The van der Waals surface area contributed by atoms with Gasteiger partial charge in [-0.25, -0.2) is 0 Å². The minimum absolute atomic E-state index is 0.106. The zero-order valence-corrected chi connectivity index (χ0v) is 14.8. The van der Waals surface area contributed by atoms with E-state index >= 15 is 0 Å². The van der Waals surface area contributed by atoms with Crippen LogP contribution in [0.1, 0.15) is 30.4 Å². The Morgan fingerprint density at radius 1 is 1.27 bits per heavy atom. The number of nitrogens with zero attached hydrogens (tertiary/aromatic N) is 1. The van der Waals surface area contributed by atoms with Crippen LogP contribution in [0.4, 0.5) is 13.2 Å². The van der Waals surface area contributed by atoms with Crippen LogP contribution in [0.2, 0.25) is 0 Å². The molecule has 3 rings (SSSR count). The number of likely N-dealkylation sites (N-methyl/N-ethyl adjacent to an activating group) is 1. The number of carbonyl (C=O) groups is 2. The second kappa shape index (κ2) is 6.98. The highest BCUT2D eigenvalue weighted by Crippen LogP contribution is 2.43. The Labute approximate surface area is 153 Å². The number of carboxylic acid groups (broad SMARTS) is 1. The number of hydrogen-bond acceptors (Lipinski definition) is 3. The molecule has 0 spiro atoms. The third-order valence-corrected chi connectivity index (χ3v) is 6.35. The van der Waals surface area contributed by atoms with E-state index in [1.165, 1.54) is 23.9 Å². The van der Waals surface area contributed by atoms with Crippen LogP contribution in [0.3, 0.4) is 0 Å². The highest BCUT2D eigenvalue weighted by Gasteiger charge is 2.42. The molecular weight excluding hydrogens is 367 g/mol. The van der Waals surface area contributed by atoms with Gasteiger partial charge in [0.2, 0.25) is 0 Å². The topological polar surface area (TPSA) is 57.6 Å². The Bertz CT molecular complexity index is 745. The SMILES string of the molecule is CN1C(=O)/C(=C/c2ccc(C(F)(F)F)cc2)SC2CCC(C(=O)O)CC21. The first kappa shape index (κ1) is 18.8. The molecule has 0 radical (unpaired) electrons. The lowest BCUT2D eigenvalue weighted by Crippen LogP contribution is -2.51. The molecule has 3 unspecified atom stereocenters. The van der Waals surface area contributed by atoms with Gasteiger partial charge in [0, 0.05) is 18.3 Å². The molecule has 1 aliphatic carbocycles. The van der Waals surface area contributed by atoms with E-state index in [2.05, 4.69) is 0 Å². The fourth-order valence-electron chi connectivity index (χ4n) is 3.44. The standard InChI is InChI=1S/C18H18F3NO3S/c1-22-13-9-11(17(24)25)4-7-14(13)26-15(16(22)23)8-10-2-5-12(6-3-10)18(19,20)21/h2-3,5-6,8,11,13-14H,4,7,9H2,1H3,(H,24,25)/b15-8-. The van der Waals surface area contributed by atoms with Crippen molar-refractivity contribution < 1.29 is 27.9 Å². The van der Waals surface area contributed by atoms with E-state index in [9.17, 15) is 27.9 Å². The number of halogens is 3. The van der Waals surface area contributed by atoms with Gasteiger partial charge < -0.3 is 10.0 Å². The Kier molecular flexibility index (Phi) is 5.05. The lowest BCUT2D eigenvalue weighted by Gasteiger charge is -2.43. The van der Waals surface area contributed by atoms with Crippen LogP contribution in [-0.2, 0) is 15.8 Å². The lowest BCUT2D eigenvalue weighted by molar-refractivity contribution is -0.144. The molecule has 1 aromatic carbocycles. The first-order chi connectivity index (χ1) is 12.2. The highest BCUT2D eigenvalue weighted by molar-refractivity contribution is 8.04. The third-order valence-electron chi connectivity index (χ3n) is 4.95. The van der Waals surface area contributed by atoms with Gasteiger partial charge in [0.05, 0.1) is 16.4 Å². The second-order valence-corrected chi connectivity index (χ2v) is 7.90. The molecule has 1 amide bonds. The van der Waals surface area contributed by atoms with Crippen LogP contribution < -0.4 is 0 Å². The van der Waals surface area contributed by atoms with Crippen molar-refractivity contribution in [2.24, 2.45) is 5.92 Å². The molecule has 140 valence electrons. The van der Waals surface area contributed by atoms with Crippen molar-refractivity contribution in [1.29, 1.82) is 0 Å². The number of aliphatic carboxylic acids is 1. The Balaban J connectivity index is 1.79. The molecule has 1 saturated heterocycles. The summed E-state index contributed by atoms with van der Waals surface area (Å²) in [5.74, 6) is -1.49. The van der Waals surface area contributed by atoms with Crippen LogP contribution in [0, 0.1) is 5.92 Å². The Morgan fingerprint density at radius 3 is 2.50 bits per heavy atom. The van der Waals surface area contributed by atoms with E-state index in [-0.39, 0.29) is 17.2 Å². The molecule has 0 bridgehead atoms.